The first kappa shape index (κ1) is 15.1. The minimum Gasteiger partial charge on any atom is -0.344 e. The van der Waals surface area contributed by atoms with Crippen molar-refractivity contribution in [3.63, 3.8) is 0 Å². The molecule has 0 saturated carbocycles. The predicted molar refractivity (Wildman–Crippen MR) is 81.6 cm³/mol. The van der Waals surface area contributed by atoms with Crippen LogP contribution in [0.3, 0.4) is 0 Å². The summed E-state index contributed by atoms with van der Waals surface area (Å²) in [4.78, 5) is 14.8. The van der Waals surface area contributed by atoms with E-state index in [1.54, 1.807) is 0 Å². The van der Waals surface area contributed by atoms with Crippen molar-refractivity contribution >= 4 is 5.91 Å². The molecule has 1 aromatic rings. The Morgan fingerprint density at radius 2 is 2.25 bits per heavy atom. The molecule has 1 aliphatic rings. The van der Waals surface area contributed by atoms with Crippen molar-refractivity contribution in [3.05, 3.63) is 24.0 Å². The summed E-state index contributed by atoms with van der Waals surface area (Å²) in [5.41, 5.74) is 6.70. The van der Waals surface area contributed by atoms with E-state index in [0.717, 1.165) is 44.0 Å². The minimum atomic E-state index is 0.147. The maximum absolute atomic E-state index is 12.8. The largest absolute Gasteiger partial charge is 0.344 e. The number of rotatable bonds is 5. The van der Waals surface area contributed by atoms with Crippen LogP contribution >= 0.6 is 0 Å². The molecule has 0 aromatic carbocycles. The smallest absolute Gasteiger partial charge is 0.270 e. The lowest BCUT2D eigenvalue weighted by Crippen LogP contribution is -2.50. The molecule has 1 saturated heterocycles. The van der Waals surface area contributed by atoms with Crippen LogP contribution in [0.2, 0.25) is 0 Å². The maximum atomic E-state index is 12.8. The molecule has 4 heteroatoms. The molecule has 2 rings (SSSR count). The second-order valence-electron chi connectivity index (χ2n) is 5.77. The molecule has 2 N–H and O–H groups in total. The first-order valence-electron chi connectivity index (χ1n) is 7.87. The van der Waals surface area contributed by atoms with Crippen molar-refractivity contribution in [3.8, 4) is 0 Å². The summed E-state index contributed by atoms with van der Waals surface area (Å²) in [5, 5.41) is 0. The van der Waals surface area contributed by atoms with Gasteiger partial charge in [0.05, 0.1) is 0 Å². The predicted octanol–water partition coefficient (Wildman–Crippen LogP) is 2.49. The Balaban J connectivity index is 2.13. The highest BCUT2D eigenvalue weighted by Crippen LogP contribution is 2.26. The van der Waals surface area contributed by atoms with Gasteiger partial charge in [-0.3, -0.25) is 4.79 Å². The molecule has 1 aromatic heterocycles. The van der Waals surface area contributed by atoms with Gasteiger partial charge in [0.15, 0.2) is 0 Å². The first-order chi connectivity index (χ1) is 9.71. The molecule has 2 heterocycles. The second kappa shape index (κ2) is 6.93. The number of nitrogens with two attached hydrogens (primary N) is 1. The van der Waals surface area contributed by atoms with Crippen LogP contribution in [0, 0.1) is 5.92 Å². The zero-order valence-corrected chi connectivity index (χ0v) is 12.7. The average Bonchev–Trinajstić information content (AvgIpc) is 2.94. The van der Waals surface area contributed by atoms with Crippen LogP contribution in [0.1, 0.15) is 50.0 Å². The molecular weight excluding hydrogens is 250 g/mol. The molecule has 1 aliphatic heterocycles. The fourth-order valence-corrected chi connectivity index (χ4v) is 3.19. The molecule has 1 fully saturated rings. The summed E-state index contributed by atoms with van der Waals surface area (Å²) in [6.45, 7) is 6.66. The van der Waals surface area contributed by atoms with E-state index in [2.05, 4.69) is 18.4 Å². The number of likely N-dealkylation sites (tertiary alicyclic amines) is 1. The standard InChI is InChI=1S/C16H27N3O/c1-3-8-18-9-5-6-15(18)16(20)19-10-7-13(4-2)11-14(19)12-17/h5-6,9,13-14H,3-4,7-8,10-12,17H2,1-2H3. The molecule has 4 nitrogen and oxygen atoms in total. The van der Waals surface area contributed by atoms with Gasteiger partial charge >= 0.3 is 0 Å². The van der Waals surface area contributed by atoms with Gasteiger partial charge in [-0.1, -0.05) is 20.3 Å². The van der Waals surface area contributed by atoms with E-state index in [4.69, 9.17) is 5.73 Å². The Morgan fingerprint density at radius 3 is 2.90 bits per heavy atom. The van der Waals surface area contributed by atoms with Crippen molar-refractivity contribution in [2.45, 2.75) is 52.1 Å². The van der Waals surface area contributed by atoms with Gasteiger partial charge in [-0.05, 0) is 37.3 Å². The van der Waals surface area contributed by atoms with Gasteiger partial charge in [0.25, 0.3) is 5.91 Å². The highest BCUT2D eigenvalue weighted by molar-refractivity contribution is 5.93. The summed E-state index contributed by atoms with van der Waals surface area (Å²) in [6.07, 6.45) is 6.37. The van der Waals surface area contributed by atoms with E-state index < -0.39 is 0 Å². The summed E-state index contributed by atoms with van der Waals surface area (Å²) in [7, 11) is 0. The number of aromatic nitrogens is 1. The fraction of sp³-hybridized carbons (Fsp3) is 0.688. The molecule has 2 unspecified atom stereocenters. The van der Waals surface area contributed by atoms with Gasteiger partial charge in [-0.15, -0.1) is 0 Å². The van der Waals surface area contributed by atoms with Crippen LogP contribution in [0.15, 0.2) is 18.3 Å². The maximum Gasteiger partial charge on any atom is 0.270 e. The quantitative estimate of drug-likeness (QED) is 0.899. The van der Waals surface area contributed by atoms with Crippen molar-refractivity contribution in [1.29, 1.82) is 0 Å². The molecule has 0 aliphatic carbocycles. The van der Waals surface area contributed by atoms with Crippen molar-refractivity contribution < 1.29 is 4.79 Å². The van der Waals surface area contributed by atoms with Gasteiger partial charge in [-0.2, -0.15) is 0 Å². The van der Waals surface area contributed by atoms with E-state index >= 15 is 0 Å². The molecule has 0 radical (unpaired) electrons. The third-order valence-electron chi connectivity index (χ3n) is 4.45. The number of hydrogen-bond acceptors (Lipinski definition) is 2. The summed E-state index contributed by atoms with van der Waals surface area (Å²) in [5.74, 6) is 0.864. The SMILES string of the molecule is CCCn1cccc1C(=O)N1CCC(CC)CC1CN. The van der Waals surface area contributed by atoms with Crippen molar-refractivity contribution in [1.82, 2.24) is 9.47 Å². The van der Waals surface area contributed by atoms with Crippen LogP contribution in [-0.2, 0) is 6.54 Å². The first-order valence-corrected chi connectivity index (χ1v) is 7.87. The highest BCUT2D eigenvalue weighted by Gasteiger charge is 2.31. The number of aryl methyl sites for hydroxylation is 1. The Morgan fingerprint density at radius 1 is 1.45 bits per heavy atom. The Bertz CT molecular complexity index is 441. The van der Waals surface area contributed by atoms with Gasteiger partial charge in [0.1, 0.15) is 5.69 Å². The molecule has 20 heavy (non-hydrogen) atoms. The Labute approximate surface area is 121 Å². The normalized spacial score (nSPS) is 23.1. The van der Waals surface area contributed by atoms with E-state index in [-0.39, 0.29) is 11.9 Å². The number of hydrogen-bond donors (Lipinski definition) is 1. The molecule has 0 bridgehead atoms. The van der Waals surface area contributed by atoms with Gasteiger partial charge < -0.3 is 15.2 Å². The lowest BCUT2D eigenvalue weighted by molar-refractivity contribution is 0.0547. The number of carbonyl (C=O) groups excluding carboxylic acids is 1. The van der Waals surface area contributed by atoms with Crippen LogP contribution in [0.5, 0.6) is 0 Å². The number of nitrogens with zero attached hydrogens (tertiary/aromatic N) is 2. The molecule has 2 atom stereocenters. The van der Waals surface area contributed by atoms with E-state index in [1.165, 1.54) is 6.42 Å². The van der Waals surface area contributed by atoms with Gasteiger partial charge in [-0.25, -0.2) is 0 Å². The molecule has 112 valence electrons. The van der Waals surface area contributed by atoms with Crippen molar-refractivity contribution in [2.24, 2.45) is 11.7 Å². The van der Waals surface area contributed by atoms with Crippen LogP contribution in [0.25, 0.3) is 0 Å². The lowest BCUT2D eigenvalue weighted by Gasteiger charge is -2.39. The zero-order valence-electron chi connectivity index (χ0n) is 12.7. The van der Waals surface area contributed by atoms with E-state index in [1.807, 2.05) is 23.2 Å². The van der Waals surface area contributed by atoms with Crippen LogP contribution < -0.4 is 5.73 Å². The molecular formula is C16H27N3O. The topological polar surface area (TPSA) is 51.3 Å². The fourth-order valence-electron chi connectivity index (χ4n) is 3.19. The molecule has 0 spiro atoms. The zero-order chi connectivity index (χ0) is 14.5. The summed E-state index contributed by atoms with van der Waals surface area (Å²) < 4.78 is 2.06. The van der Waals surface area contributed by atoms with Crippen LogP contribution in [0.4, 0.5) is 0 Å². The summed E-state index contributed by atoms with van der Waals surface area (Å²) >= 11 is 0. The second-order valence-corrected chi connectivity index (χ2v) is 5.77. The highest BCUT2D eigenvalue weighted by atomic mass is 16.2. The van der Waals surface area contributed by atoms with Gasteiger partial charge in [0.2, 0.25) is 0 Å². The van der Waals surface area contributed by atoms with Crippen LogP contribution in [-0.4, -0.2) is 34.5 Å². The third-order valence-corrected chi connectivity index (χ3v) is 4.45. The number of amides is 1. The lowest BCUT2D eigenvalue weighted by atomic mass is 9.88. The number of carbonyl (C=O) groups is 1. The monoisotopic (exact) mass is 277 g/mol. The Kier molecular flexibility index (Phi) is 5.24. The third kappa shape index (κ3) is 3.06. The Hall–Kier alpha value is -1.29. The molecule has 1 amide bonds. The van der Waals surface area contributed by atoms with Crippen molar-refractivity contribution in [2.75, 3.05) is 13.1 Å². The van der Waals surface area contributed by atoms with E-state index in [9.17, 15) is 4.79 Å². The summed E-state index contributed by atoms with van der Waals surface area (Å²) in [6, 6.07) is 4.09. The van der Waals surface area contributed by atoms with E-state index in [0.29, 0.717) is 6.54 Å². The average molecular weight is 277 g/mol. The van der Waals surface area contributed by atoms with Gasteiger partial charge in [0, 0.05) is 31.9 Å². The number of piperidine rings is 1. The minimum absolute atomic E-state index is 0.147.